The summed E-state index contributed by atoms with van der Waals surface area (Å²) < 4.78 is 33.0. The van der Waals surface area contributed by atoms with E-state index in [-0.39, 0.29) is 5.56 Å². The molecule has 1 amide bonds. The molecule has 2 aromatic heterocycles. The van der Waals surface area contributed by atoms with Crippen LogP contribution in [-0.4, -0.2) is 21.0 Å². The Morgan fingerprint density at radius 3 is 2.75 bits per heavy atom. The maximum Gasteiger partial charge on any atom is 0.408 e. The van der Waals surface area contributed by atoms with Crippen molar-refractivity contribution in [3.8, 4) is 11.8 Å². The topological polar surface area (TPSA) is 77.0 Å². The van der Waals surface area contributed by atoms with Crippen LogP contribution in [0.2, 0.25) is 0 Å². The first-order valence-electron chi connectivity index (χ1n) is 8.25. The monoisotopic (exact) mass is 378 g/mol. The van der Waals surface area contributed by atoms with E-state index >= 15 is 0 Å². The number of pyridine rings is 1. The second-order valence-corrected chi connectivity index (χ2v) is 5.96. The average molecular weight is 378 g/mol. The van der Waals surface area contributed by atoms with E-state index in [4.69, 9.17) is 4.74 Å². The molecule has 0 radical (unpaired) electrons. The van der Waals surface area contributed by atoms with E-state index in [0.29, 0.717) is 16.8 Å². The third-order valence-corrected chi connectivity index (χ3v) is 4.09. The highest BCUT2D eigenvalue weighted by atomic mass is 19.1. The van der Waals surface area contributed by atoms with E-state index in [2.05, 4.69) is 32.1 Å². The van der Waals surface area contributed by atoms with E-state index < -0.39 is 29.9 Å². The van der Waals surface area contributed by atoms with Crippen LogP contribution in [-0.2, 0) is 4.74 Å². The summed E-state index contributed by atoms with van der Waals surface area (Å²) in [6.07, 6.45) is 5.89. The smallest absolute Gasteiger partial charge is 0.408 e. The summed E-state index contributed by atoms with van der Waals surface area (Å²) in [4.78, 5) is 23.9. The number of cyclic esters (lactones) is 1. The molecule has 4 rings (SSSR count). The second-order valence-electron chi connectivity index (χ2n) is 5.96. The molecule has 1 aliphatic rings. The first-order chi connectivity index (χ1) is 13.6. The van der Waals surface area contributed by atoms with Gasteiger partial charge in [-0.3, -0.25) is 9.97 Å². The standard InChI is InChI=1S/C20H12F2N4O2/c21-14-2-4-17(22)16(8-14)19-18(26-20(27)28-19)13-7-12(9-24-10-13)1-3-15-11-23-5-6-25-15/h2,4-11,18-19H,(H,26,27)/t18-,19?/m1/s1. The van der Waals surface area contributed by atoms with Crippen LogP contribution in [0.25, 0.3) is 0 Å². The third-order valence-electron chi connectivity index (χ3n) is 4.09. The molecule has 0 spiro atoms. The Hall–Kier alpha value is -3.86. The summed E-state index contributed by atoms with van der Waals surface area (Å²) >= 11 is 0. The molecule has 2 atom stereocenters. The van der Waals surface area contributed by atoms with Gasteiger partial charge in [0.1, 0.15) is 23.4 Å². The van der Waals surface area contributed by atoms with Crippen molar-refractivity contribution in [3.63, 3.8) is 0 Å². The molecule has 1 aliphatic heterocycles. The van der Waals surface area contributed by atoms with E-state index in [1.165, 1.54) is 18.6 Å². The summed E-state index contributed by atoms with van der Waals surface area (Å²) in [5, 5.41) is 2.61. The van der Waals surface area contributed by atoms with Crippen molar-refractivity contribution in [2.45, 2.75) is 12.1 Å². The maximum atomic E-state index is 14.2. The molecule has 3 heterocycles. The van der Waals surface area contributed by atoms with Gasteiger partial charge in [-0.25, -0.2) is 18.6 Å². The van der Waals surface area contributed by atoms with E-state index in [1.54, 1.807) is 18.5 Å². The zero-order valence-electron chi connectivity index (χ0n) is 14.3. The van der Waals surface area contributed by atoms with Crippen molar-refractivity contribution >= 4 is 6.09 Å². The van der Waals surface area contributed by atoms with Gasteiger partial charge in [-0.15, -0.1) is 0 Å². The minimum Gasteiger partial charge on any atom is -0.439 e. The first kappa shape index (κ1) is 17.5. The molecule has 6 nitrogen and oxygen atoms in total. The highest BCUT2D eigenvalue weighted by Crippen LogP contribution is 2.37. The van der Waals surface area contributed by atoms with Crippen LogP contribution >= 0.6 is 0 Å². The number of benzene rings is 1. The number of nitrogens with one attached hydrogen (secondary N) is 1. The molecular weight excluding hydrogens is 366 g/mol. The van der Waals surface area contributed by atoms with E-state index in [0.717, 1.165) is 18.2 Å². The lowest BCUT2D eigenvalue weighted by Gasteiger charge is -2.18. The molecule has 0 saturated carbocycles. The largest absolute Gasteiger partial charge is 0.439 e. The Labute approximate surface area is 158 Å². The number of rotatable bonds is 2. The minimum absolute atomic E-state index is 0.0561. The van der Waals surface area contributed by atoms with Crippen molar-refractivity contribution in [1.82, 2.24) is 20.3 Å². The number of ether oxygens (including phenoxy) is 1. The van der Waals surface area contributed by atoms with Crippen LogP contribution in [0.1, 0.15) is 34.5 Å². The normalized spacial score (nSPS) is 18.0. The fraction of sp³-hybridized carbons (Fsp3) is 0.100. The number of aromatic nitrogens is 3. The highest BCUT2D eigenvalue weighted by molar-refractivity contribution is 5.71. The summed E-state index contributed by atoms with van der Waals surface area (Å²) in [6, 6.07) is 3.96. The number of amides is 1. The summed E-state index contributed by atoms with van der Waals surface area (Å²) in [5.41, 5.74) is 1.54. The molecule has 8 heteroatoms. The van der Waals surface area contributed by atoms with Crippen molar-refractivity contribution in [1.29, 1.82) is 0 Å². The molecule has 138 valence electrons. The number of halogens is 2. The number of hydrogen-bond donors (Lipinski definition) is 1. The van der Waals surface area contributed by atoms with Gasteiger partial charge < -0.3 is 10.1 Å². The number of hydrogen-bond acceptors (Lipinski definition) is 5. The lowest BCUT2D eigenvalue weighted by Crippen LogP contribution is -2.20. The maximum absolute atomic E-state index is 14.2. The SMILES string of the molecule is O=C1N[C@H](c2cncc(C#Cc3cnccn3)c2)C(c2cc(F)ccc2F)O1. The Kier molecular flexibility index (Phi) is 4.64. The molecular formula is C20H12F2N4O2. The number of carbonyl (C=O) groups is 1. The summed E-state index contributed by atoms with van der Waals surface area (Å²) in [5.74, 6) is 4.47. The van der Waals surface area contributed by atoms with E-state index in [9.17, 15) is 13.6 Å². The van der Waals surface area contributed by atoms with Crippen molar-refractivity contribution < 1.29 is 18.3 Å². The van der Waals surface area contributed by atoms with E-state index in [1.807, 2.05) is 0 Å². The molecule has 1 saturated heterocycles. The van der Waals surface area contributed by atoms with Crippen molar-refractivity contribution in [2.24, 2.45) is 0 Å². The highest BCUT2D eigenvalue weighted by Gasteiger charge is 2.38. The molecule has 1 fully saturated rings. The Morgan fingerprint density at radius 2 is 1.93 bits per heavy atom. The fourth-order valence-electron chi connectivity index (χ4n) is 2.85. The predicted octanol–water partition coefficient (Wildman–Crippen LogP) is 3.07. The number of alkyl carbamates (subject to hydrolysis) is 1. The van der Waals surface area contributed by atoms with Crippen LogP contribution in [0.4, 0.5) is 13.6 Å². The molecule has 3 aromatic rings. The molecule has 1 aromatic carbocycles. The van der Waals surface area contributed by atoms with Gasteiger partial charge in [0, 0.05) is 35.9 Å². The van der Waals surface area contributed by atoms with Gasteiger partial charge in [0.2, 0.25) is 0 Å². The Bertz CT molecular complexity index is 1100. The van der Waals surface area contributed by atoms with Crippen LogP contribution in [0.15, 0.2) is 55.2 Å². The molecule has 0 aliphatic carbocycles. The van der Waals surface area contributed by atoms with Gasteiger partial charge >= 0.3 is 6.09 Å². The zero-order chi connectivity index (χ0) is 19.5. The molecule has 0 bridgehead atoms. The first-order valence-corrected chi connectivity index (χ1v) is 8.25. The molecule has 1 unspecified atom stereocenters. The van der Waals surface area contributed by atoms with Crippen LogP contribution in [0.3, 0.4) is 0 Å². The van der Waals surface area contributed by atoms with Gasteiger partial charge in [-0.2, -0.15) is 0 Å². The lowest BCUT2D eigenvalue weighted by atomic mass is 9.96. The number of carbonyl (C=O) groups excluding carboxylic acids is 1. The molecule has 1 N–H and O–H groups in total. The quantitative estimate of drug-likeness (QED) is 0.694. The van der Waals surface area contributed by atoms with Crippen LogP contribution in [0, 0.1) is 23.5 Å². The van der Waals surface area contributed by atoms with Gasteiger partial charge in [-0.05, 0) is 35.7 Å². The predicted molar refractivity (Wildman–Crippen MR) is 93.7 cm³/mol. The van der Waals surface area contributed by atoms with Crippen molar-refractivity contribution in [3.05, 3.63) is 89.3 Å². The van der Waals surface area contributed by atoms with Gasteiger partial charge in [0.15, 0.2) is 6.10 Å². The molecule has 28 heavy (non-hydrogen) atoms. The third kappa shape index (κ3) is 3.64. The van der Waals surface area contributed by atoms with Crippen LogP contribution in [0.5, 0.6) is 0 Å². The minimum atomic E-state index is -1.03. The lowest BCUT2D eigenvalue weighted by molar-refractivity contribution is 0.130. The zero-order valence-corrected chi connectivity index (χ0v) is 14.3. The summed E-state index contributed by atoms with van der Waals surface area (Å²) in [6.45, 7) is 0. The fourth-order valence-corrected chi connectivity index (χ4v) is 2.85. The van der Waals surface area contributed by atoms with Gasteiger partial charge in [0.25, 0.3) is 0 Å². The average Bonchev–Trinajstić information content (AvgIpc) is 3.11. The van der Waals surface area contributed by atoms with Crippen molar-refractivity contribution in [2.75, 3.05) is 0 Å². The number of nitrogens with zero attached hydrogens (tertiary/aromatic N) is 3. The van der Waals surface area contributed by atoms with Gasteiger partial charge in [-0.1, -0.05) is 5.92 Å². The van der Waals surface area contributed by atoms with Crippen LogP contribution < -0.4 is 5.32 Å². The Morgan fingerprint density at radius 1 is 1.04 bits per heavy atom. The second kappa shape index (κ2) is 7.40. The summed E-state index contributed by atoms with van der Waals surface area (Å²) in [7, 11) is 0. The Balaban J connectivity index is 1.67. The van der Waals surface area contributed by atoms with Gasteiger partial charge in [0.05, 0.1) is 6.20 Å².